The van der Waals surface area contributed by atoms with Crippen molar-refractivity contribution in [3.05, 3.63) is 66.0 Å². The average molecular weight is 477 g/mol. The maximum absolute atomic E-state index is 13.0. The summed E-state index contributed by atoms with van der Waals surface area (Å²) in [5, 5.41) is 4.25. The molecule has 1 N–H and O–H groups in total. The number of carbonyl (C=O) groups excluding carboxylic acids is 1. The van der Waals surface area contributed by atoms with Crippen molar-refractivity contribution < 1.29 is 22.7 Å². The van der Waals surface area contributed by atoms with E-state index >= 15 is 0 Å². The van der Waals surface area contributed by atoms with Crippen molar-refractivity contribution in [1.82, 2.24) is 19.5 Å². The molecule has 174 valence electrons. The van der Waals surface area contributed by atoms with E-state index in [9.17, 15) is 18.0 Å². The van der Waals surface area contributed by atoms with Gasteiger partial charge in [0.15, 0.2) is 5.82 Å². The molecular formula is C23H23F3N4O2S. The number of alkyl halides is 3. The Morgan fingerprint density at radius 1 is 1.24 bits per heavy atom. The molecule has 1 aromatic carbocycles. The summed E-state index contributed by atoms with van der Waals surface area (Å²) in [5.41, 5.74) is -0.331. The SMILES string of the molecule is CCc1cc(-n2ccc(OCCC3(C(F)(F)F)CC3)n2)ncc1C(=O)NSc1ccccc1. The third-order valence-corrected chi connectivity index (χ3v) is 6.49. The smallest absolute Gasteiger partial charge is 0.394 e. The lowest BCUT2D eigenvalue weighted by Crippen LogP contribution is -2.26. The van der Waals surface area contributed by atoms with Crippen LogP contribution in [0.2, 0.25) is 0 Å². The Hall–Kier alpha value is -3.01. The fraction of sp³-hybridized carbons (Fsp3) is 0.348. The van der Waals surface area contributed by atoms with Crippen molar-refractivity contribution in [2.24, 2.45) is 5.41 Å². The Bertz CT molecular complexity index is 1110. The fourth-order valence-corrected chi connectivity index (χ4v) is 4.06. The summed E-state index contributed by atoms with van der Waals surface area (Å²) in [7, 11) is 0. The van der Waals surface area contributed by atoms with E-state index in [4.69, 9.17) is 4.74 Å². The number of hydrogen-bond acceptors (Lipinski definition) is 5. The highest BCUT2D eigenvalue weighted by Crippen LogP contribution is 2.59. The molecule has 0 unspecified atom stereocenters. The lowest BCUT2D eigenvalue weighted by Gasteiger charge is -2.18. The zero-order valence-electron chi connectivity index (χ0n) is 17.9. The number of pyridine rings is 1. The molecule has 33 heavy (non-hydrogen) atoms. The zero-order chi connectivity index (χ0) is 23.5. The standard InChI is InChI=1S/C23H23F3N4O2S/c1-2-16-14-19(27-15-18(16)21(31)29-33-17-6-4-3-5-7-17)30-12-8-20(28-30)32-13-11-22(9-10-22)23(24,25)26/h3-8,12,14-15H,2,9-11,13H2,1H3,(H,29,31). The molecule has 4 rings (SSSR count). The Morgan fingerprint density at radius 3 is 2.67 bits per heavy atom. The van der Waals surface area contributed by atoms with Crippen LogP contribution in [-0.2, 0) is 6.42 Å². The van der Waals surface area contributed by atoms with Gasteiger partial charge in [0.1, 0.15) is 0 Å². The molecule has 6 nitrogen and oxygen atoms in total. The molecule has 0 bridgehead atoms. The van der Waals surface area contributed by atoms with Gasteiger partial charge >= 0.3 is 6.18 Å². The van der Waals surface area contributed by atoms with E-state index in [2.05, 4.69) is 14.8 Å². The Kier molecular flexibility index (Phi) is 6.64. The van der Waals surface area contributed by atoms with Crippen LogP contribution in [0.5, 0.6) is 5.88 Å². The Balaban J connectivity index is 1.38. The molecule has 1 aliphatic rings. The molecule has 2 aromatic heterocycles. The number of carbonyl (C=O) groups is 1. The van der Waals surface area contributed by atoms with E-state index in [1.807, 2.05) is 37.3 Å². The Labute approximate surface area is 193 Å². The van der Waals surface area contributed by atoms with Gasteiger partial charge in [-0.05, 0) is 61.4 Å². The van der Waals surface area contributed by atoms with Crippen LogP contribution in [0.4, 0.5) is 13.2 Å². The van der Waals surface area contributed by atoms with Crippen LogP contribution < -0.4 is 9.46 Å². The topological polar surface area (TPSA) is 69.0 Å². The number of ether oxygens (including phenoxy) is 1. The first-order chi connectivity index (χ1) is 15.8. The van der Waals surface area contributed by atoms with Crippen LogP contribution in [0.3, 0.4) is 0 Å². The van der Waals surface area contributed by atoms with Crippen LogP contribution in [0, 0.1) is 5.41 Å². The molecule has 2 heterocycles. The Morgan fingerprint density at radius 2 is 2.00 bits per heavy atom. The lowest BCUT2D eigenvalue weighted by atomic mass is 10.0. The second kappa shape index (κ2) is 9.46. The van der Waals surface area contributed by atoms with Gasteiger partial charge in [-0.2, -0.15) is 13.2 Å². The molecule has 10 heteroatoms. The van der Waals surface area contributed by atoms with Crippen LogP contribution in [0.25, 0.3) is 5.82 Å². The van der Waals surface area contributed by atoms with E-state index < -0.39 is 11.6 Å². The molecule has 0 aliphatic heterocycles. The third-order valence-electron chi connectivity index (χ3n) is 5.69. The van der Waals surface area contributed by atoms with E-state index in [0.29, 0.717) is 17.8 Å². The molecule has 1 fully saturated rings. The summed E-state index contributed by atoms with van der Waals surface area (Å²) in [6.07, 6.45) is -0.228. The van der Waals surface area contributed by atoms with E-state index in [1.54, 1.807) is 18.3 Å². The highest BCUT2D eigenvalue weighted by Gasteiger charge is 2.62. The van der Waals surface area contributed by atoms with Gasteiger partial charge in [0, 0.05) is 23.4 Å². The molecule has 0 radical (unpaired) electrons. The summed E-state index contributed by atoms with van der Waals surface area (Å²) < 4.78 is 48.8. The molecule has 1 saturated carbocycles. The quantitative estimate of drug-likeness (QED) is 0.420. The minimum atomic E-state index is -4.19. The molecule has 0 atom stereocenters. The largest absolute Gasteiger partial charge is 0.477 e. The molecular weight excluding hydrogens is 453 g/mol. The first kappa shape index (κ1) is 23.2. The third kappa shape index (κ3) is 5.32. The molecule has 0 saturated heterocycles. The first-order valence-corrected chi connectivity index (χ1v) is 11.4. The molecule has 0 spiro atoms. The monoisotopic (exact) mass is 476 g/mol. The van der Waals surface area contributed by atoms with Crippen molar-refractivity contribution >= 4 is 17.9 Å². The zero-order valence-corrected chi connectivity index (χ0v) is 18.7. The fourth-order valence-electron chi connectivity index (χ4n) is 3.44. The molecule has 1 amide bonds. The van der Waals surface area contributed by atoms with Crippen LogP contribution in [0.15, 0.2) is 59.8 Å². The maximum Gasteiger partial charge on any atom is 0.394 e. The number of rotatable bonds is 9. The van der Waals surface area contributed by atoms with E-state index in [1.165, 1.54) is 22.8 Å². The van der Waals surface area contributed by atoms with Gasteiger partial charge in [-0.15, -0.1) is 5.10 Å². The van der Waals surface area contributed by atoms with Gasteiger partial charge in [-0.3, -0.25) is 9.52 Å². The highest BCUT2D eigenvalue weighted by atomic mass is 32.2. The predicted molar refractivity (Wildman–Crippen MR) is 118 cm³/mol. The van der Waals surface area contributed by atoms with Crippen LogP contribution in [-0.4, -0.2) is 33.5 Å². The second-order valence-corrected chi connectivity index (χ2v) is 8.75. The number of benzene rings is 1. The van der Waals surface area contributed by atoms with Crippen molar-refractivity contribution in [3.63, 3.8) is 0 Å². The average Bonchev–Trinajstić information content (AvgIpc) is 3.47. The highest BCUT2D eigenvalue weighted by molar-refractivity contribution is 7.98. The van der Waals surface area contributed by atoms with Gasteiger partial charge in [0.25, 0.3) is 5.91 Å². The summed E-state index contributed by atoms with van der Waals surface area (Å²) >= 11 is 1.23. The number of nitrogens with zero attached hydrogens (tertiary/aromatic N) is 3. The predicted octanol–water partition coefficient (Wildman–Crippen LogP) is 5.38. The van der Waals surface area contributed by atoms with Crippen molar-refractivity contribution in [2.45, 2.75) is 43.7 Å². The van der Waals surface area contributed by atoms with E-state index in [-0.39, 0.29) is 37.7 Å². The molecule has 3 aromatic rings. The van der Waals surface area contributed by atoms with Gasteiger partial charge < -0.3 is 4.74 Å². The number of aryl methyl sites for hydroxylation is 1. The number of halogens is 3. The summed E-state index contributed by atoms with van der Waals surface area (Å²) in [4.78, 5) is 17.9. The van der Waals surface area contributed by atoms with Crippen molar-refractivity contribution in [1.29, 1.82) is 0 Å². The van der Waals surface area contributed by atoms with Crippen LogP contribution >= 0.6 is 11.9 Å². The van der Waals surface area contributed by atoms with E-state index in [0.717, 1.165) is 10.5 Å². The molecule has 1 aliphatic carbocycles. The summed E-state index contributed by atoms with van der Waals surface area (Å²) in [6.45, 7) is 1.88. The van der Waals surface area contributed by atoms with Crippen molar-refractivity contribution in [3.8, 4) is 11.7 Å². The maximum atomic E-state index is 13.0. The van der Waals surface area contributed by atoms with Gasteiger partial charge in [-0.25, -0.2) is 9.67 Å². The number of nitrogens with one attached hydrogen (secondary N) is 1. The number of amides is 1. The number of hydrogen-bond donors (Lipinski definition) is 1. The van der Waals surface area contributed by atoms with Gasteiger partial charge in [0.2, 0.25) is 5.88 Å². The minimum absolute atomic E-state index is 0.0532. The van der Waals surface area contributed by atoms with Crippen LogP contribution in [0.1, 0.15) is 42.1 Å². The van der Waals surface area contributed by atoms with Gasteiger partial charge in [0.05, 0.1) is 17.6 Å². The minimum Gasteiger partial charge on any atom is -0.477 e. The lowest BCUT2D eigenvalue weighted by molar-refractivity contribution is -0.190. The number of aromatic nitrogens is 3. The summed E-state index contributed by atoms with van der Waals surface area (Å²) in [6, 6.07) is 12.8. The first-order valence-electron chi connectivity index (χ1n) is 10.6. The van der Waals surface area contributed by atoms with Crippen molar-refractivity contribution in [2.75, 3.05) is 6.61 Å². The summed E-state index contributed by atoms with van der Waals surface area (Å²) in [5.74, 6) is 0.472. The van der Waals surface area contributed by atoms with Gasteiger partial charge in [-0.1, -0.05) is 25.1 Å². The second-order valence-electron chi connectivity index (χ2n) is 7.87. The normalized spacial score (nSPS) is 14.7.